The Kier molecular flexibility index (Phi) is 2.74. The van der Waals surface area contributed by atoms with Gasteiger partial charge in [0.05, 0.1) is 0 Å². The van der Waals surface area contributed by atoms with E-state index in [1.54, 1.807) is 0 Å². The zero-order valence-corrected chi connectivity index (χ0v) is 6.55. The van der Waals surface area contributed by atoms with E-state index in [9.17, 15) is 0 Å². The highest BCUT2D eigenvalue weighted by molar-refractivity contribution is 6.38. The Balaban J connectivity index is 2.14. The van der Waals surface area contributed by atoms with Crippen molar-refractivity contribution in [2.75, 3.05) is 6.61 Å². The first-order valence-electron chi connectivity index (χ1n) is 3.17. The fourth-order valence-corrected chi connectivity index (χ4v) is 1.38. The van der Waals surface area contributed by atoms with E-state index in [1.807, 2.05) is 6.92 Å². The predicted octanol–water partition coefficient (Wildman–Crippen LogP) is 1.49. The van der Waals surface area contributed by atoms with Crippen LogP contribution in [0.2, 0.25) is 0 Å². The summed E-state index contributed by atoms with van der Waals surface area (Å²) in [6.07, 6.45) is 7.47. The van der Waals surface area contributed by atoms with Crippen molar-refractivity contribution in [3.63, 3.8) is 0 Å². The van der Waals surface area contributed by atoms with Gasteiger partial charge in [0.15, 0.2) is 0 Å². The summed E-state index contributed by atoms with van der Waals surface area (Å²) in [5.41, 5.74) is 0. The Morgan fingerprint density at radius 1 is 1.78 bits per heavy atom. The molecular weight excluding hydrogens is 128 g/mol. The van der Waals surface area contributed by atoms with Crippen LogP contribution >= 0.6 is 0 Å². The lowest BCUT2D eigenvalue weighted by molar-refractivity contribution is 0.364. The summed E-state index contributed by atoms with van der Waals surface area (Å²) in [4.78, 5) is 0. The first-order chi connectivity index (χ1) is 4.43. The third-order valence-electron chi connectivity index (χ3n) is 1.12. The first kappa shape index (κ1) is 6.77. The molecule has 0 atom stereocenters. The molecule has 0 saturated heterocycles. The van der Waals surface area contributed by atoms with Crippen molar-refractivity contribution in [1.82, 2.24) is 0 Å². The molecule has 1 rings (SSSR count). The molecule has 9 heavy (non-hydrogen) atoms. The normalized spacial score (nSPS) is 16.3. The van der Waals surface area contributed by atoms with Crippen LogP contribution in [-0.2, 0) is 4.43 Å². The SMILES string of the molecule is CCO[Si]C1=CC=CC1. The second-order valence-corrected chi connectivity index (χ2v) is 2.99. The van der Waals surface area contributed by atoms with Gasteiger partial charge in [-0.05, 0) is 13.3 Å². The summed E-state index contributed by atoms with van der Waals surface area (Å²) in [6.45, 7) is 2.85. The monoisotopic (exact) mass is 138 g/mol. The largest absolute Gasteiger partial charge is 0.412 e. The summed E-state index contributed by atoms with van der Waals surface area (Å²) >= 11 is 0. The van der Waals surface area contributed by atoms with Gasteiger partial charge in [0.1, 0.15) is 0 Å². The van der Waals surface area contributed by atoms with E-state index in [2.05, 4.69) is 18.2 Å². The maximum atomic E-state index is 5.24. The molecule has 0 aliphatic heterocycles. The molecule has 1 nitrogen and oxygen atoms in total. The fraction of sp³-hybridized carbons (Fsp3) is 0.429. The zero-order chi connectivity index (χ0) is 6.53. The Morgan fingerprint density at radius 3 is 3.22 bits per heavy atom. The fourth-order valence-electron chi connectivity index (χ4n) is 0.688. The molecule has 1 aliphatic carbocycles. The third kappa shape index (κ3) is 2.16. The van der Waals surface area contributed by atoms with Gasteiger partial charge in [-0.25, -0.2) is 0 Å². The summed E-state index contributed by atoms with van der Waals surface area (Å²) in [6, 6.07) is 0. The molecular formula is C7H10OSi. The van der Waals surface area contributed by atoms with Crippen LogP contribution in [0.15, 0.2) is 23.4 Å². The van der Waals surface area contributed by atoms with E-state index in [4.69, 9.17) is 4.43 Å². The molecule has 0 aromatic carbocycles. The van der Waals surface area contributed by atoms with Gasteiger partial charge in [-0.15, -0.1) is 0 Å². The Labute approximate surface area is 58.4 Å². The first-order valence-corrected chi connectivity index (χ1v) is 4.08. The van der Waals surface area contributed by atoms with Gasteiger partial charge in [0.2, 0.25) is 0 Å². The van der Waals surface area contributed by atoms with Crippen molar-refractivity contribution in [2.45, 2.75) is 13.3 Å². The quantitative estimate of drug-likeness (QED) is 0.537. The van der Waals surface area contributed by atoms with Gasteiger partial charge >= 0.3 is 0 Å². The maximum Gasteiger partial charge on any atom is 0.264 e. The van der Waals surface area contributed by atoms with Crippen LogP contribution in [0.3, 0.4) is 0 Å². The van der Waals surface area contributed by atoms with Gasteiger partial charge in [0, 0.05) is 6.61 Å². The summed E-state index contributed by atoms with van der Waals surface area (Å²) in [7, 11) is 0.584. The van der Waals surface area contributed by atoms with Crippen LogP contribution in [0, 0.1) is 0 Å². The minimum absolute atomic E-state index is 0.584. The van der Waals surface area contributed by atoms with Crippen LogP contribution in [0.5, 0.6) is 0 Å². The Bertz CT molecular complexity index is 138. The van der Waals surface area contributed by atoms with E-state index in [1.165, 1.54) is 5.20 Å². The molecule has 0 aromatic heterocycles. The van der Waals surface area contributed by atoms with Gasteiger partial charge in [0.25, 0.3) is 9.76 Å². The molecule has 2 heteroatoms. The number of rotatable bonds is 3. The van der Waals surface area contributed by atoms with E-state index >= 15 is 0 Å². The lowest BCUT2D eigenvalue weighted by Gasteiger charge is -1.96. The molecule has 0 fully saturated rings. The van der Waals surface area contributed by atoms with Crippen molar-refractivity contribution in [3.8, 4) is 0 Å². The summed E-state index contributed by atoms with van der Waals surface area (Å²) in [5.74, 6) is 0. The molecule has 1 aliphatic rings. The molecule has 0 aromatic rings. The van der Waals surface area contributed by atoms with Crippen molar-refractivity contribution >= 4 is 9.76 Å². The minimum Gasteiger partial charge on any atom is -0.412 e. The number of hydrogen-bond acceptors (Lipinski definition) is 1. The summed E-state index contributed by atoms with van der Waals surface area (Å²) in [5, 5.41) is 1.41. The smallest absolute Gasteiger partial charge is 0.264 e. The van der Waals surface area contributed by atoms with Gasteiger partial charge in [-0.1, -0.05) is 23.4 Å². The van der Waals surface area contributed by atoms with Crippen LogP contribution in [0.4, 0.5) is 0 Å². The highest BCUT2D eigenvalue weighted by atomic mass is 28.2. The van der Waals surface area contributed by atoms with Crippen molar-refractivity contribution < 1.29 is 4.43 Å². The van der Waals surface area contributed by atoms with Crippen LogP contribution in [0.25, 0.3) is 0 Å². The van der Waals surface area contributed by atoms with E-state index in [0.29, 0.717) is 9.76 Å². The molecule has 0 N–H and O–H groups in total. The standard InChI is InChI=1S/C7H10OSi/c1-2-8-9-7-5-3-4-6-7/h3-5H,2,6H2,1H3. The van der Waals surface area contributed by atoms with Gasteiger partial charge in [-0.2, -0.15) is 0 Å². The average molecular weight is 138 g/mol. The molecule has 0 spiro atoms. The predicted molar refractivity (Wildman–Crippen MR) is 39.2 cm³/mol. The lowest BCUT2D eigenvalue weighted by atomic mass is 10.5. The van der Waals surface area contributed by atoms with E-state index in [0.717, 1.165) is 13.0 Å². The molecule has 0 saturated carbocycles. The Morgan fingerprint density at radius 2 is 2.67 bits per heavy atom. The molecule has 0 heterocycles. The number of hydrogen-bond donors (Lipinski definition) is 0. The van der Waals surface area contributed by atoms with Crippen molar-refractivity contribution in [1.29, 1.82) is 0 Å². The highest BCUT2D eigenvalue weighted by Gasteiger charge is 1.99. The third-order valence-corrected chi connectivity index (χ3v) is 2.18. The second-order valence-electron chi connectivity index (χ2n) is 1.86. The molecule has 0 bridgehead atoms. The van der Waals surface area contributed by atoms with E-state index < -0.39 is 0 Å². The van der Waals surface area contributed by atoms with Gasteiger partial charge in [-0.3, -0.25) is 0 Å². The lowest BCUT2D eigenvalue weighted by Crippen LogP contribution is -2.00. The average Bonchev–Trinajstić information content (AvgIpc) is 2.34. The van der Waals surface area contributed by atoms with Crippen molar-refractivity contribution in [3.05, 3.63) is 23.4 Å². The highest BCUT2D eigenvalue weighted by Crippen LogP contribution is 2.07. The van der Waals surface area contributed by atoms with Crippen LogP contribution in [0.1, 0.15) is 13.3 Å². The molecule has 0 unspecified atom stereocenters. The molecule has 2 radical (unpaired) electrons. The van der Waals surface area contributed by atoms with E-state index in [-0.39, 0.29) is 0 Å². The number of allylic oxidation sites excluding steroid dienone is 4. The second kappa shape index (κ2) is 3.64. The maximum absolute atomic E-state index is 5.24. The zero-order valence-electron chi connectivity index (χ0n) is 5.55. The minimum atomic E-state index is 0.584. The van der Waals surface area contributed by atoms with Crippen LogP contribution in [-0.4, -0.2) is 16.4 Å². The molecule has 0 amide bonds. The molecule has 48 valence electrons. The van der Waals surface area contributed by atoms with Gasteiger partial charge < -0.3 is 4.43 Å². The summed E-state index contributed by atoms with van der Waals surface area (Å²) < 4.78 is 5.24. The topological polar surface area (TPSA) is 9.23 Å². The Hall–Kier alpha value is -0.343. The van der Waals surface area contributed by atoms with Crippen molar-refractivity contribution in [2.24, 2.45) is 0 Å². The van der Waals surface area contributed by atoms with Crippen LogP contribution < -0.4 is 0 Å².